The summed E-state index contributed by atoms with van der Waals surface area (Å²) in [6.45, 7) is 1.92. The number of carbonyl (C=O) groups excluding carboxylic acids is 1. The van der Waals surface area contributed by atoms with Gasteiger partial charge in [0.1, 0.15) is 5.56 Å². The Morgan fingerprint density at radius 2 is 1.89 bits per heavy atom. The molecule has 1 heterocycles. The number of hydrogen-bond donors (Lipinski definition) is 0. The van der Waals surface area contributed by atoms with Gasteiger partial charge in [-0.1, -0.05) is 35.4 Å². The first-order valence-electron chi connectivity index (χ1n) is 5.84. The van der Waals surface area contributed by atoms with Crippen molar-refractivity contribution >= 4 is 28.8 Å². The van der Waals surface area contributed by atoms with Crippen LogP contribution in [-0.2, 0) is 0 Å². The molecule has 0 saturated heterocycles. The molecule has 2 aromatic rings. The minimum Gasteiger partial charge on any atom is -0.618 e. The fraction of sp³-hybridized carbons (Fsp3) is 0.0667. The lowest BCUT2D eigenvalue weighted by atomic mass is 10.0. The van der Waals surface area contributed by atoms with Gasteiger partial charge in [-0.3, -0.25) is 4.79 Å². The number of halogens is 1. The number of carbonyl (C=O) groups is 1. The van der Waals surface area contributed by atoms with Crippen molar-refractivity contribution in [1.29, 1.82) is 0 Å². The molecule has 0 fully saturated rings. The fourth-order valence-electron chi connectivity index (χ4n) is 2.28. The van der Waals surface area contributed by atoms with Gasteiger partial charge >= 0.3 is 0 Å². The van der Waals surface area contributed by atoms with Gasteiger partial charge in [-0.2, -0.15) is 4.74 Å². The van der Waals surface area contributed by atoms with Crippen LogP contribution in [0.25, 0.3) is 0 Å². The van der Waals surface area contributed by atoms with Crippen LogP contribution in [0.15, 0.2) is 42.5 Å². The van der Waals surface area contributed by atoms with Crippen molar-refractivity contribution in [1.82, 2.24) is 0 Å². The van der Waals surface area contributed by atoms with E-state index in [4.69, 9.17) is 11.6 Å². The minimum absolute atomic E-state index is 0.131. The van der Waals surface area contributed by atoms with Crippen LogP contribution >= 0.6 is 11.6 Å². The van der Waals surface area contributed by atoms with E-state index in [2.05, 4.69) is 0 Å². The van der Waals surface area contributed by atoms with E-state index >= 15 is 0 Å². The minimum atomic E-state index is -0.318. The summed E-state index contributed by atoms with van der Waals surface area (Å²) in [5.41, 5.74) is 2.34. The van der Waals surface area contributed by atoms with Gasteiger partial charge in [-0.15, -0.1) is 0 Å². The second-order valence-electron chi connectivity index (χ2n) is 4.48. The van der Waals surface area contributed by atoms with E-state index in [1.807, 2.05) is 25.1 Å². The van der Waals surface area contributed by atoms with Crippen LogP contribution in [-0.4, -0.2) is 16.2 Å². The first-order chi connectivity index (χ1) is 9.09. The molecule has 1 aliphatic rings. The maximum absolute atomic E-state index is 12.4. The summed E-state index contributed by atoms with van der Waals surface area (Å²) < 4.78 is 0.665. The van der Waals surface area contributed by atoms with Gasteiger partial charge in [-0.05, 0) is 25.1 Å². The molecule has 0 N–H and O–H groups in total. The lowest BCUT2D eigenvalue weighted by molar-refractivity contribution is -0.355. The quantitative estimate of drug-likeness (QED) is 0.589. The smallest absolute Gasteiger partial charge is 0.273 e. The Kier molecular flexibility index (Phi) is 2.64. The van der Waals surface area contributed by atoms with Gasteiger partial charge < -0.3 is 5.21 Å². The summed E-state index contributed by atoms with van der Waals surface area (Å²) >= 11 is 6.01. The molecule has 19 heavy (non-hydrogen) atoms. The third-order valence-corrected chi connectivity index (χ3v) is 3.46. The van der Waals surface area contributed by atoms with Gasteiger partial charge in [-0.25, -0.2) is 0 Å². The summed E-state index contributed by atoms with van der Waals surface area (Å²) in [4.78, 5) is 12.4. The lowest BCUT2D eigenvalue weighted by Gasteiger charge is -2.02. The van der Waals surface area contributed by atoms with Crippen molar-refractivity contribution in [2.24, 2.45) is 0 Å². The molecule has 0 amide bonds. The first kappa shape index (κ1) is 11.9. The molecular weight excluding hydrogens is 262 g/mol. The van der Waals surface area contributed by atoms with Crippen LogP contribution < -0.4 is 0 Å². The summed E-state index contributed by atoms with van der Waals surface area (Å²) in [5.74, 6) is -0.318. The second-order valence-corrected chi connectivity index (χ2v) is 4.88. The Morgan fingerprint density at radius 3 is 2.58 bits per heavy atom. The van der Waals surface area contributed by atoms with Crippen LogP contribution in [0.1, 0.15) is 21.5 Å². The molecule has 4 heteroatoms. The molecule has 0 aliphatic carbocycles. The van der Waals surface area contributed by atoms with Gasteiger partial charge in [0.25, 0.3) is 11.5 Å². The van der Waals surface area contributed by atoms with Crippen molar-refractivity contribution < 1.29 is 9.53 Å². The molecule has 2 aromatic carbocycles. The standard InChI is InChI=1S/C15H10ClNO2/c1-9-4-2-5-10(8-9)14-15(18)13-11(16)6-3-7-12(13)17(14)19/h2-8H,1H3. The van der Waals surface area contributed by atoms with Crippen LogP contribution in [0.4, 0.5) is 5.69 Å². The number of Topliss-reactive ketones (excluding diaryl/α,β-unsaturated/α-hetero) is 1. The summed E-state index contributed by atoms with van der Waals surface area (Å²) in [5, 5.41) is 12.6. The summed E-state index contributed by atoms with van der Waals surface area (Å²) in [6, 6.07) is 12.2. The SMILES string of the molecule is Cc1cccc(C2=[N+]([O-])c3cccc(Cl)c3C2=O)c1. The molecule has 0 radical (unpaired) electrons. The number of nitrogens with zero attached hydrogens (tertiary/aromatic N) is 1. The monoisotopic (exact) mass is 271 g/mol. The van der Waals surface area contributed by atoms with Crippen LogP contribution in [0.5, 0.6) is 0 Å². The second kappa shape index (κ2) is 4.21. The predicted octanol–water partition coefficient (Wildman–Crippen LogP) is 3.48. The summed E-state index contributed by atoms with van der Waals surface area (Å²) in [7, 11) is 0. The van der Waals surface area contributed by atoms with Crippen molar-refractivity contribution in [3.8, 4) is 0 Å². The third kappa shape index (κ3) is 1.74. The highest BCUT2D eigenvalue weighted by atomic mass is 35.5. The number of aryl methyl sites for hydroxylation is 1. The molecule has 0 bridgehead atoms. The fourth-order valence-corrected chi connectivity index (χ4v) is 2.53. The first-order valence-corrected chi connectivity index (χ1v) is 6.22. The highest BCUT2D eigenvalue weighted by molar-refractivity contribution is 6.54. The van der Waals surface area contributed by atoms with Crippen molar-refractivity contribution in [3.05, 3.63) is 69.4 Å². The molecule has 0 atom stereocenters. The number of ketones is 1. The van der Waals surface area contributed by atoms with Gasteiger partial charge in [0.15, 0.2) is 0 Å². The Labute approximate surface area is 115 Å². The molecule has 1 aliphatic heterocycles. The van der Waals surface area contributed by atoms with E-state index in [0.717, 1.165) is 5.56 Å². The largest absolute Gasteiger partial charge is 0.618 e. The number of hydrogen-bond acceptors (Lipinski definition) is 2. The highest BCUT2D eigenvalue weighted by Crippen LogP contribution is 2.33. The van der Waals surface area contributed by atoms with Crippen LogP contribution in [0.3, 0.4) is 0 Å². The zero-order chi connectivity index (χ0) is 13.6. The van der Waals surface area contributed by atoms with E-state index in [-0.39, 0.29) is 17.1 Å². The van der Waals surface area contributed by atoms with Crippen molar-refractivity contribution in [3.63, 3.8) is 0 Å². The molecular formula is C15H10ClNO2. The molecule has 0 aromatic heterocycles. The van der Waals surface area contributed by atoms with Crippen LogP contribution in [0.2, 0.25) is 5.02 Å². The van der Waals surface area contributed by atoms with E-state index in [9.17, 15) is 10.0 Å². The Bertz CT molecular complexity index is 735. The van der Waals surface area contributed by atoms with Crippen molar-refractivity contribution in [2.45, 2.75) is 6.92 Å². The normalized spacial score (nSPS) is 13.9. The lowest BCUT2D eigenvalue weighted by Crippen LogP contribution is -2.16. The predicted molar refractivity (Wildman–Crippen MR) is 74.4 cm³/mol. The maximum Gasteiger partial charge on any atom is 0.273 e. The van der Waals surface area contributed by atoms with Gasteiger partial charge in [0.2, 0.25) is 5.69 Å². The van der Waals surface area contributed by atoms with Crippen LogP contribution in [0, 0.1) is 12.1 Å². The van der Waals surface area contributed by atoms with Crippen molar-refractivity contribution in [2.75, 3.05) is 0 Å². The molecule has 3 nitrogen and oxygen atoms in total. The van der Waals surface area contributed by atoms with Gasteiger partial charge in [0, 0.05) is 6.07 Å². The number of fused-ring (bicyclic) bond motifs is 1. The number of benzene rings is 2. The summed E-state index contributed by atoms with van der Waals surface area (Å²) in [6.07, 6.45) is 0. The molecule has 94 valence electrons. The third-order valence-electron chi connectivity index (χ3n) is 3.15. The molecule has 0 spiro atoms. The molecule has 3 rings (SSSR count). The van der Waals surface area contributed by atoms with E-state index in [1.54, 1.807) is 24.3 Å². The molecule has 0 saturated carbocycles. The zero-order valence-corrected chi connectivity index (χ0v) is 10.9. The average Bonchev–Trinajstić information content (AvgIpc) is 2.63. The Hall–Kier alpha value is -2.13. The van der Waals surface area contributed by atoms with E-state index in [0.29, 0.717) is 21.0 Å². The highest BCUT2D eigenvalue weighted by Gasteiger charge is 2.38. The molecule has 0 unspecified atom stereocenters. The van der Waals surface area contributed by atoms with E-state index in [1.165, 1.54) is 0 Å². The topological polar surface area (TPSA) is 43.1 Å². The van der Waals surface area contributed by atoms with Gasteiger partial charge in [0.05, 0.1) is 10.6 Å². The maximum atomic E-state index is 12.4. The average molecular weight is 272 g/mol. The Morgan fingerprint density at radius 1 is 1.16 bits per heavy atom. The Balaban J connectivity index is 2.23. The van der Waals surface area contributed by atoms with E-state index < -0.39 is 0 Å². The number of rotatable bonds is 1. The zero-order valence-electron chi connectivity index (χ0n) is 10.2.